The van der Waals surface area contributed by atoms with Gasteiger partial charge in [0.05, 0.1) is 6.26 Å². The van der Waals surface area contributed by atoms with Gasteiger partial charge in [-0.25, -0.2) is 8.42 Å². The zero-order valence-corrected chi connectivity index (χ0v) is 6.07. The average Bonchev–Trinajstić information content (AvgIpc) is 1.62. The van der Waals surface area contributed by atoms with Crippen molar-refractivity contribution in [3.63, 3.8) is 0 Å². The molecule has 0 heterocycles. The summed E-state index contributed by atoms with van der Waals surface area (Å²) in [6.07, 6.45) is 1.00. The molecule has 0 atom stereocenters. The predicted octanol–water partition coefficient (Wildman–Crippen LogP) is -1.52. The third kappa shape index (κ3) is 5.09. The summed E-state index contributed by atoms with van der Waals surface area (Å²) < 4.78 is 22.6. The van der Waals surface area contributed by atoms with E-state index in [0.29, 0.717) is 0 Å². The van der Waals surface area contributed by atoms with Gasteiger partial charge in [-0.05, 0) is 0 Å². The van der Waals surface area contributed by atoms with Crippen LogP contribution in [0.15, 0.2) is 4.99 Å². The fourth-order valence-electron chi connectivity index (χ4n) is 0.236. The minimum Gasteiger partial charge on any atom is -0.369 e. The normalized spacial score (nSPS) is 13.3. The molecule has 0 radical (unpaired) electrons. The molecule has 0 amide bonds. The molecule has 5 nitrogen and oxygen atoms in total. The van der Waals surface area contributed by atoms with Crippen molar-refractivity contribution >= 4 is 16.0 Å². The summed E-state index contributed by atoms with van der Waals surface area (Å²) in [7, 11) is -1.84. The van der Waals surface area contributed by atoms with Crippen molar-refractivity contribution in [2.24, 2.45) is 10.7 Å². The molecule has 6 heteroatoms. The zero-order valence-electron chi connectivity index (χ0n) is 5.25. The first-order valence-corrected chi connectivity index (χ1v) is 4.05. The molecule has 9 heavy (non-hydrogen) atoms. The van der Waals surface area contributed by atoms with Gasteiger partial charge in [-0.2, -0.15) is 0 Å². The largest absolute Gasteiger partial charge is 0.369 e. The molecule has 0 fully saturated rings. The third-order valence-corrected chi connectivity index (χ3v) is 1.11. The quantitative estimate of drug-likeness (QED) is 0.352. The lowest BCUT2D eigenvalue weighted by Gasteiger charge is -1.98. The molecule has 0 aromatic rings. The van der Waals surface area contributed by atoms with E-state index in [1.165, 1.54) is 7.05 Å². The van der Waals surface area contributed by atoms with Gasteiger partial charge in [-0.3, -0.25) is 9.71 Å². The van der Waals surface area contributed by atoms with Crippen LogP contribution in [-0.2, 0) is 10.0 Å². The van der Waals surface area contributed by atoms with E-state index in [4.69, 9.17) is 5.73 Å². The number of sulfonamides is 1. The van der Waals surface area contributed by atoms with Gasteiger partial charge in [0, 0.05) is 7.05 Å². The lowest BCUT2D eigenvalue weighted by Crippen LogP contribution is -2.35. The highest BCUT2D eigenvalue weighted by Gasteiger charge is 1.98. The van der Waals surface area contributed by atoms with Gasteiger partial charge in [0.1, 0.15) is 0 Å². The van der Waals surface area contributed by atoms with Crippen LogP contribution in [0.2, 0.25) is 0 Å². The predicted molar refractivity (Wildman–Crippen MR) is 35.5 cm³/mol. The molecule has 0 spiro atoms. The van der Waals surface area contributed by atoms with Crippen LogP contribution in [0, 0.1) is 0 Å². The van der Waals surface area contributed by atoms with Gasteiger partial charge in [-0.1, -0.05) is 0 Å². The number of nitrogens with two attached hydrogens (primary N) is 1. The van der Waals surface area contributed by atoms with Gasteiger partial charge >= 0.3 is 0 Å². The molecule has 0 rings (SSSR count). The summed E-state index contributed by atoms with van der Waals surface area (Å²) in [4.78, 5) is 3.38. The zero-order chi connectivity index (χ0) is 7.49. The first-order chi connectivity index (χ1) is 3.95. The summed E-state index contributed by atoms with van der Waals surface area (Å²) >= 11 is 0. The summed E-state index contributed by atoms with van der Waals surface area (Å²) in [6.45, 7) is 0. The van der Waals surface area contributed by atoms with Crippen molar-refractivity contribution in [1.82, 2.24) is 4.72 Å². The Hall–Kier alpha value is -0.780. The van der Waals surface area contributed by atoms with Gasteiger partial charge in [-0.15, -0.1) is 0 Å². The first-order valence-electron chi connectivity index (χ1n) is 2.16. The molecule has 0 aliphatic heterocycles. The van der Waals surface area contributed by atoms with E-state index in [0.717, 1.165) is 6.26 Å². The second kappa shape index (κ2) is 2.67. The van der Waals surface area contributed by atoms with Gasteiger partial charge in [0.15, 0.2) is 0 Å². The third-order valence-electron chi connectivity index (χ3n) is 0.531. The van der Waals surface area contributed by atoms with Crippen molar-refractivity contribution in [2.45, 2.75) is 0 Å². The lowest BCUT2D eigenvalue weighted by molar-refractivity contribution is 0.598. The Bertz CT molecular complexity index is 205. The van der Waals surface area contributed by atoms with Gasteiger partial charge in [0.2, 0.25) is 16.0 Å². The number of hydrogen-bond donors (Lipinski definition) is 2. The Balaban J connectivity index is 4.07. The Labute approximate surface area is 54.0 Å². The van der Waals surface area contributed by atoms with Crippen LogP contribution < -0.4 is 10.5 Å². The standard InChI is InChI=1S/C3H9N3O2S/c1-5-3(4)6-9(2,7)8/h1-2H3,(H3,4,5,6). The van der Waals surface area contributed by atoms with Crippen molar-refractivity contribution in [1.29, 1.82) is 0 Å². The Morgan fingerprint density at radius 2 is 2.11 bits per heavy atom. The number of rotatable bonds is 1. The molecule has 54 valence electrons. The molecule has 0 aromatic carbocycles. The Kier molecular flexibility index (Phi) is 2.44. The number of aliphatic imine (C=N–C) groups is 1. The van der Waals surface area contributed by atoms with E-state index in [1.807, 2.05) is 4.72 Å². The summed E-state index contributed by atoms with van der Waals surface area (Å²) in [5.41, 5.74) is 5.02. The van der Waals surface area contributed by atoms with Crippen LogP contribution in [0.3, 0.4) is 0 Å². The summed E-state index contributed by atoms with van der Waals surface area (Å²) in [6, 6.07) is 0. The van der Waals surface area contributed by atoms with Crippen molar-refractivity contribution in [2.75, 3.05) is 13.3 Å². The number of nitrogens with one attached hydrogen (secondary N) is 1. The summed E-state index contributed by atoms with van der Waals surface area (Å²) in [5, 5.41) is 0. The van der Waals surface area contributed by atoms with Crippen molar-refractivity contribution in [3.8, 4) is 0 Å². The molecule has 0 saturated carbocycles. The highest BCUT2D eigenvalue weighted by atomic mass is 32.2. The Morgan fingerprint density at radius 1 is 1.67 bits per heavy atom. The van der Waals surface area contributed by atoms with E-state index in [-0.39, 0.29) is 5.96 Å². The van der Waals surface area contributed by atoms with Crippen LogP contribution >= 0.6 is 0 Å². The highest BCUT2D eigenvalue weighted by Crippen LogP contribution is 1.70. The minimum absolute atomic E-state index is 0.0995. The topological polar surface area (TPSA) is 84.5 Å². The molecular weight excluding hydrogens is 142 g/mol. The smallest absolute Gasteiger partial charge is 0.232 e. The number of nitrogens with zero attached hydrogens (tertiary/aromatic N) is 1. The molecule has 0 saturated heterocycles. The fourth-order valence-corrected chi connectivity index (χ4v) is 0.707. The molecule has 3 N–H and O–H groups in total. The van der Waals surface area contributed by atoms with Gasteiger partial charge in [0.25, 0.3) is 0 Å². The van der Waals surface area contributed by atoms with Crippen molar-refractivity contribution < 1.29 is 8.42 Å². The maximum atomic E-state index is 10.3. The van der Waals surface area contributed by atoms with Crippen LogP contribution in [0.4, 0.5) is 0 Å². The van der Waals surface area contributed by atoms with Gasteiger partial charge < -0.3 is 5.73 Å². The van der Waals surface area contributed by atoms with E-state index in [2.05, 4.69) is 4.99 Å². The van der Waals surface area contributed by atoms with E-state index >= 15 is 0 Å². The Morgan fingerprint density at radius 3 is 2.22 bits per heavy atom. The van der Waals surface area contributed by atoms with Crippen LogP contribution in [0.25, 0.3) is 0 Å². The molecule has 0 aromatic heterocycles. The minimum atomic E-state index is -3.24. The monoisotopic (exact) mass is 151 g/mol. The summed E-state index contributed by atoms with van der Waals surface area (Å²) in [5.74, 6) is -0.0995. The maximum absolute atomic E-state index is 10.3. The molecule has 0 aliphatic rings. The van der Waals surface area contributed by atoms with Crippen LogP contribution in [0.1, 0.15) is 0 Å². The SMILES string of the molecule is CN=C(N)NS(C)(=O)=O. The average molecular weight is 151 g/mol. The highest BCUT2D eigenvalue weighted by molar-refractivity contribution is 7.89. The molecule has 0 unspecified atom stereocenters. The maximum Gasteiger partial charge on any atom is 0.232 e. The van der Waals surface area contributed by atoms with E-state index in [9.17, 15) is 8.42 Å². The van der Waals surface area contributed by atoms with Crippen molar-refractivity contribution in [3.05, 3.63) is 0 Å². The second-order valence-electron chi connectivity index (χ2n) is 1.48. The fraction of sp³-hybridized carbons (Fsp3) is 0.667. The van der Waals surface area contributed by atoms with E-state index < -0.39 is 10.0 Å². The number of hydrogen-bond acceptors (Lipinski definition) is 3. The lowest BCUT2D eigenvalue weighted by atomic mass is 11.1. The number of guanidine groups is 1. The van der Waals surface area contributed by atoms with Crippen LogP contribution in [-0.4, -0.2) is 27.7 Å². The molecule has 0 bridgehead atoms. The second-order valence-corrected chi connectivity index (χ2v) is 3.23. The molecule has 0 aliphatic carbocycles. The van der Waals surface area contributed by atoms with Crippen LogP contribution in [0.5, 0.6) is 0 Å². The first kappa shape index (κ1) is 8.22. The van der Waals surface area contributed by atoms with E-state index in [1.54, 1.807) is 0 Å². The molecular formula is C3H9N3O2S.